The summed E-state index contributed by atoms with van der Waals surface area (Å²) in [5.41, 5.74) is -0.805. The average molecular weight is 440 g/mol. The number of nitrogens with one attached hydrogen (secondary N) is 1. The maximum absolute atomic E-state index is 12.2. The van der Waals surface area contributed by atoms with Gasteiger partial charge >= 0.3 is 18.0 Å². The number of hydrogen-bond acceptors (Lipinski definition) is 8. The van der Waals surface area contributed by atoms with Crippen LogP contribution in [-0.2, 0) is 23.8 Å². The Morgan fingerprint density at radius 1 is 1.27 bits per heavy atom. The van der Waals surface area contributed by atoms with Gasteiger partial charge in [-0.2, -0.15) is 5.26 Å². The number of hydrogen-bond donors (Lipinski definition) is 1. The van der Waals surface area contributed by atoms with E-state index < -0.39 is 35.4 Å². The molecule has 9 nitrogen and oxygen atoms in total. The fourth-order valence-electron chi connectivity index (χ4n) is 2.45. The summed E-state index contributed by atoms with van der Waals surface area (Å²) >= 11 is 5.66. The number of amides is 1. The molecular formula is C20H26ClN3O6. The maximum atomic E-state index is 12.2. The number of likely N-dealkylation sites (N-methyl/N-ethyl adjacent to an activating group) is 1. The molecule has 0 aliphatic carbocycles. The summed E-state index contributed by atoms with van der Waals surface area (Å²) in [4.78, 5) is 37.4. The van der Waals surface area contributed by atoms with Gasteiger partial charge in [-0.25, -0.2) is 4.79 Å². The van der Waals surface area contributed by atoms with Gasteiger partial charge in [-0.15, -0.1) is 0 Å². The minimum atomic E-state index is -1.09. The van der Waals surface area contributed by atoms with Gasteiger partial charge in [0.05, 0.1) is 23.9 Å². The average Bonchev–Trinajstić information content (AvgIpc) is 2.57. The van der Waals surface area contributed by atoms with E-state index in [1.54, 1.807) is 27.8 Å². The zero-order valence-electron chi connectivity index (χ0n) is 17.8. The largest absolute Gasteiger partial charge is 0.459 e. The van der Waals surface area contributed by atoms with Crippen molar-refractivity contribution in [1.82, 2.24) is 4.90 Å². The number of benzene rings is 1. The fourth-order valence-corrected chi connectivity index (χ4v) is 2.53. The molecule has 0 fully saturated rings. The normalized spacial score (nSPS) is 13.0. The molecule has 1 amide bonds. The van der Waals surface area contributed by atoms with Gasteiger partial charge in [0, 0.05) is 12.5 Å². The summed E-state index contributed by atoms with van der Waals surface area (Å²) in [7, 11) is 1.54. The lowest BCUT2D eigenvalue weighted by atomic mass is 10.1. The molecule has 2 atom stereocenters. The van der Waals surface area contributed by atoms with Crippen LogP contribution in [0.3, 0.4) is 0 Å². The summed E-state index contributed by atoms with van der Waals surface area (Å²) < 4.78 is 15.5. The van der Waals surface area contributed by atoms with Crippen LogP contribution in [0.25, 0.3) is 0 Å². The van der Waals surface area contributed by atoms with Gasteiger partial charge < -0.3 is 14.2 Å². The third-order valence-corrected chi connectivity index (χ3v) is 3.52. The zero-order valence-corrected chi connectivity index (χ0v) is 18.6. The Balaban J connectivity index is 3.28. The van der Waals surface area contributed by atoms with Gasteiger partial charge in [-0.05, 0) is 52.9 Å². The van der Waals surface area contributed by atoms with Crippen molar-refractivity contribution in [2.75, 3.05) is 18.9 Å². The van der Waals surface area contributed by atoms with E-state index in [0.29, 0.717) is 0 Å². The van der Waals surface area contributed by atoms with Crippen molar-refractivity contribution >= 4 is 35.3 Å². The zero-order chi connectivity index (χ0) is 23.1. The van der Waals surface area contributed by atoms with Gasteiger partial charge in [0.1, 0.15) is 5.60 Å². The summed E-state index contributed by atoms with van der Waals surface area (Å²) in [6.45, 7) is 7.66. The van der Waals surface area contributed by atoms with Gasteiger partial charge in [0.25, 0.3) is 0 Å². The lowest BCUT2D eigenvalue weighted by molar-refractivity contribution is -0.166. The van der Waals surface area contributed by atoms with Gasteiger partial charge in [-0.3, -0.25) is 19.8 Å². The van der Waals surface area contributed by atoms with Crippen LogP contribution in [0.1, 0.15) is 52.0 Å². The van der Waals surface area contributed by atoms with Crippen molar-refractivity contribution in [3.63, 3.8) is 0 Å². The number of nitrogens with zero attached hydrogens (tertiary/aromatic N) is 2. The molecule has 10 heteroatoms. The fraction of sp³-hybridized carbons (Fsp3) is 0.500. The predicted molar refractivity (Wildman–Crippen MR) is 110 cm³/mol. The molecule has 1 aromatic carbocycles. The molecule has 30 heavy (non-hydrogen) atoms. The predicted octanol–water partition coefficient (Wildman–Crippen LogP) is 3.53. The molecule has 1 rings (SSSR count). The first-order chi connectivity index (χ1) is 13.8. The van der Waals surface area contributed by atoms with E-state index in [2.05, 4.69) is 5.32 Å². The minimum Gasteiger partial charge on any atom is -0.459 e. The Bertz CT molecular complexity index is 829. The van der Waals surface area contributed by atoms with E-state index in [9.17, 15) is 19.6 Å². The third kappa shape index (κ3) is 8.68. The third-order valence-electron chi connectivity index (χ3n) is 3.43. The number of anilines is 1. The standard InChI is InChI=1S/C20H26ClN3O6/c1-12(21)28-19(27)23-16-8-7-14(10-22)9-15(16)18(29-13(2)25)24(6)11-17(26)30-20(3,4)5/h7-9,12,18H,11H2,1-6H3,(H,23,27). The van der Waals surface area contributed by atoms with Crippen molar-refractivity contribution in [1.29, 1.82) is 5.26 Å². The Hall–Kier alpha value is -2.83. The van der Waals surface area contributed by atoms with Crippen molar-refractivity contribution in [2.45, 2.75) is 52.0 Å². The molecule has 0 saturated heterocycles. The molecule has 0 radical (unpaired) electrons. The number of carbonyl (C=O) groups is 3. The van der Waals surface area contributed by atoms with Crippen LogP contribution in [0.5, 0.6) is 0 Å². The van der Waals surface area contributed by atoms with Crippen molar-refractivity contribution < 1.29 is 28.6 Å². The van der Waals surface area contributed by atoms with Crippen LogP contribution in [0, 0.1) is 11.3 Å². The summed E-state index contributed by atoms with van der Waals surface area (Å²) in [5, 5.41) is 11.8. The van der Waals surface area contributed by atoms with Crippen LogP contribution in [-0.4, -0.2) is 47.7 Å². The Kier molecular flexibility index (Phi) is 9.08. The topological polar surface area (TPSA) is 118 Å². The molecule has 164 valence electrons. The molecule has 0 aliphatic heterocycles. The van der Waals surface area contributed by atoms with Crippen LogP contribution in [0.2, 0.25) is 0 Å². The highest BCUT2D eigenvalue weighted by molar-refractivity contribution is 6.20. The molecule has 0 aromatic heterocycles. The number of ether oxygens (including phenoxy) is 3. The summed E-state index contributed by atoms with van der Waals surface area (Å²) in [6.07, 6.45) is -1.92. The maximum Gasteiger partial charge on any atom is 0.413 e. The quantitative estimate of drug-likeness (QED) is 0.296. The molecule has 0 bridgehead atoms. The Morgan fingerprint density at radius 2 is 1.90 bits per heavy atom. The molecule has 0 spiro atoms. The number of rotatable bonds is 7. The van der Waals surface area contributed by atoms with Crippen molar-refractivity contribution in [3.8, 4) is 6.07 Å². The van der Waals surface area contributed by atoms with Crippen LogP contribution >= 0.6 is 11.6 Å². The smallest absolute Gasteiger partial charge is 0.413 e. The Morgan fingerprint density at radius 3 is 2.40 bits per heavy atom. The van der Waals surface area contributed by atoms with Gasteiger partial charge in [0.2, 0.25) is 0 Å². The van der Waals surface area contributed by atoms with Crippen molar-refractivity contribution in [3.05, 3.63) is 29.3 Å². The second-order valence-corrected chi connectivity index (χ2v) is 8.07. The number of esters is 2. The summed E-state index contributed by atoms with van der Waals surface area (Å²) in [6, 6.07) is 6.37. The van der Waals surface area contributed by atoms with Crippen molar-refractivity contribution in [2.24, 2.45) is 0 Å². The number of alkyl halides is 1. The molecule has 1 N–H and O–H groups in total. The molecule has 2 unspecified atom stereocenters. The SMILES string of the molecule is CC(=O)OC(c1cc(C#N)ccc1NC(=O)OC(C)Cl)N(C)CC(=O)OC(C)(C)C. The summed E-state index contributed by atoms with van der Waals surface area (Å²) in [5.74, 6) is -1.16. The monoisotopic (exact) mass is 439 g/mol. The number of carbonyl (C=O) groups excluding carboxylic acids is 3. The lowest BCUT2D eigenvalue weighted by Gasteiger charge is -2.29. The Labute approximate surface area is 180 Å². The van der Waals surface area contributed by atoms with Gasteiger partial charge in [-0.1, -0.05) is 11.6 Å². The van der Waals surface area contributed by atoms with Gasteiger partial charge in [0.15, 0.2) is 11.8 Å². The highest BCUT2D eigenvalue weighted by Crippen LogP contribution is 2.30. The number of halogens is 1. The second-order valence-electron chi connectivity index (χ2n) is 7.45. The molecule has 1 aromatic rings. The van der Waals surface area contributed by atoms with E-state index in [-0.39, 0.29) is 23.4 Å². The highest BCUT2D eigenvalue weighted by atomic mass is 35.5. The first kappa shape index (κ1) is 25.2. The second kappa shape index (κ2) is 10.8. The molecule has 0 aliphatic rings. The molecule has 0 saturated carbocycles. The lowest BCUT2D eigenvalue weighted by Crippen LogP contribution is -2.36. The van der Waals surface area contributed by atoms with E-state index in [1.807, 2.05) is 6.07 Å². The van der Waals surface area contributed by atoms with E-state index in [1.165, 1.54) is 36.9 Å². The van der Waals surface area contributed by atoms with Crippen LogP contribution in [0.15, 0.2) is 18.2 Å². The minimum absolute atomic E-state index is 0.214. The number of nitriles is 1. The van der Waals surface area contributed by atoms with Crippen LogP contribution < -0.4 is 5.32 Å². The van der Waals surface area contributed by atoms with E-state index in [4.69, 9.17) is 25.8 Å². The van der Waals surface area contributed by atoms with Crippen LogP contribution in [0.4, 0.5) is 10.5 Å². The first-order valence-electron chi connectivity index (χ1n) is 9.07. The highest BCUT2D eigenvalue weighted by Gasteiger charge is 2.28. The van der Waals surface area contributed by atoms with E-state index >= 15 is 0 Å². The first-order valence-corrected chi connectivity index (χ1v) is 9.51. The molecular weight excluding hydrogens is 414 g/mol. The van der Waals surface area contributed by atoms with E-state index in [0.717, 1.165) is 0 Å². The molecule has 0 heterocycles.